The van der Waals surface area contributed by atoms with Gasteiger partial charge < -0.3 is 9.30 Å². The van der Waals surface area contributed by atoms with E-state index in [0.29, 0.717) is 47.4 Å². The smallest absolute Gasteiger partial charge is 0.0245 e. The zero-order valence-electron chi connectivity index (χ0n) is 28.5. The number of hydrogen-bond donors (Lipinski definition) is 1. The van der Waals surface area contributed by atoms with E-state index >= 15 is 4.39 Å². The van der Waals surface area contributed by atoms with Crippen LogP contribution in [-0.2, 0) is 33.8 Å². The number of fused-ring (bicyclic) bond motifs is 4. The number of aromatic nitrogens is 2. The van der Waals surface area contributed by atoms with Gasteiger partial charge in [-0.15, -0.1) is 6.58 Å². The van der Waals surface area contributed by atoms with E-state index in [2.05, 4.69) is 25.4 Å². The second kappa shape index (κ2) is 14.3. The number of likely N-dealkylation sites (N-methyl/N-ethyl adjacent to an activating group) is 1. The summed E-state index contributed by atoms with van der Waals surface area (Å²) in [7, 11) is 3.40. The van der Waals surface area contributed by atoms with Crippen molar-refractivity contribution < 1.29 is 18.7 Å². The molecule has 249 valence electrons. The number of nitrogens with one attached hydrogen (secondary N) is 1. The monoisotopic (exact) mass is 837 g/mol. The molecule has 0 bridgehead atoms. The van der Waals surface area contributed by atoms with Crippen molar-refractivity contribution in [1.82, 2.24) is 19.8 Å². The minimum absolute atomic E-state index is 0.0352. The van der Waals surface area contributed by atoms with Gasteiger partial charge in [0.1, 0.15) is 5.82 Å². The number of halogens is 1. The van der Waals surface area contributed by atoms with E-state index in [9.17, 15) is 9.59 Å². The summed E-state index contributed by atoms with van der Waals surface area (Å²) in [5.41, 5.74) is 6.37. The van der Waals surface area contributed by atoms with Crippen LogP contribution in [0, 0.1) is 12.7 Å². The Labute approximate surface area is 293 Å². The standard InChI is InChI=1S/C37H46FN4O4.Pb/c1-10-13-21(4)39-20-46-37(6,7)36(44)41(8)30-15-14-24-22(5)28(38)17-29-32(24)33(30)26-18-42-31(34(26)40-29)16-25(23(11-2)12-3)27(19-45-9)35(42)43;/h11,16-17,23,30,39H,1-2,4,10,12-15,18-20H2,3,5-9H3;. The summed E-state index contributed by atoms with van der Waals surface area (Å²) in [5, 5.41) is 4.09. The van der Waals surface area contributed by atoms with E-state index in [-0.39, 0.29) is 42.6 Å². The first-order valence-electron chi connectivity index (χ1n) is 16.4. The zero-order valence-corrected chi connectivity index (χ0v) is 32.4. The molecule has 1 aromatic carbocycles. The number of carbonyl (C=O) groups is 1. The summed E-state index contributed by atoms with van der Waals surface area (Å²) in [4.78, 5) is 35.0. The molecule has 3 heterocycles. The Bertz CT molecular complexity index is 1800. The Balaban J connectivity index is 1.61. The molecule has 0 saturated carbocycles. The van der Waals surface area contributed by atoms with Gasteiger partial charge in [0.15, 0.2) is 0 Å². The third kappa shape index (κ3) is 6.47. The first kappa shape index (κ1) is 35.4. The third-order valence-electron chi connectivity index (χ3n) is 9.87. The predicted octanol–water partition coefficient (Wildman–Crippen LogP) is 6.37. The van der Waals surface area contributed by atoms with Crippen molar-refractivity contribution in [3.05, 3.63) is 86.6 Å². The van der Waals surface area contributed by atoms with Crippen LogP contribution in [0.25, 0.3) is 22.3 Å². The van der Waals surface area contributed by atoms with Crippen LogP contribution in [-0.4, -0.2) is 72.6 Å². The molecule has 2 aromatic heterocycles. The Morgan fingerprint density at radius 1 is 1.34 bits per heavy atom. The summed E-state index contributed by atoms with van der Waals surface area (Å²) in [5.74, 6) is -0.501. The van der Waals surface area contributed by atoms with Crippen LogP contribution in [0.5, 0.6) is 0 Å². The van der Waals surface area contributed by atoms with Gasteiger partial charge in [-0.1, -0.05) is 13.0 Å². The van der Waals surface area contributed by atoms with Crippen LogP contribution in [0.15, 0.2) is 41.9 Å². The molecule has 1 N–H and O–H groups in total. The molecule has 2 aliphatic rings. The maximum atomic E-state index is 15.3. The quantitative estimate of drug-likeness (QED) is 0.0905. The summed E-state index contributed by atoms with van der Waals surface area (Å²) in [6.07, 6.45) is 5.83. The van der Waals surface area contributed by atoms with Crippen molar-refractivity contribution in [1.29, 1.82) is 0 Å². The molecule has 1 aliphatic heterocycles. The second-order valence-corrected chi connectivity index (χ2v) is 15.1. The number of pyridine rings is 2. The van der Waals surface area contributed by atoms with Crippen molar-refractivity contribution in [2.45, 2.75) is 94.5 Å². The van der Waals surface area contributed by atoms with Crippen molar-refractivity contribution >= 4 is 42.6 Å². The number of hydrogen-bond acceptors (Lipinski definition) is 6. The van der Waals surface area contributed by atoms with Crippen molar-refractivity contribution in [3.8, 4) is 11.4 Å². The fourth-order valence-corrected chi connectivity index (χ4v) is 7.88. The van der Waals surface area contributed by atoms with Gasteiger partial charge in [-0.2, -0.15) is 0 Å². The molecule has 0 spiro atoms. The van der Waals surface area contributed by atoms with Crippen LogP contribution in [0.3, 0.4) is 0 Å². The average Bonchev–Trinajstić information content (AvgIpc) is 3.42. The van der Waals surface area contributed by atoms with Gasteiger partial charge in [0.2, 0.25) is 0 Å². The molecular formula is C37H46FN4O4Pb. The molecule has 8 nitrogen and oxygen atoms in total. The summed E-state index contributed by atoms with van der Waals surface area (Å²) < 4.78 is 29.9. The Morgan fingerprint density at radius 2 is 2.09 bits per heavy atom. The number of amides is 1. The maximum absolute atomic E-state index is 15.3. The molecule has 0 saturated heterocycles. The van der Waals surface area contributed by atoms with Gasteiger partial charge in [-0.3, -0.25) is 4.79 Å². The van der Waals surface area contributed by atoms with Gasteiger partial charge >= 0.3 is 132 Å². The summed E-state index contributed by atoms with van der Waals surface area (Å²) >= 11 is 1.17. The number of nitrogens with zero attached hydrogens (tertiary/aromatic N) is 3. The van der Waals surface area contributed by atoms with Gasteiger partial charge in [-0.25, -0.2) is 9.37 Å². The van der Waals surface area contributed by atoms with Gasteiger partial charge in [0, 0.05) is 35.6 Å². The van der Waals surface area contributed by atoms with E-state index in [1.54, 1.807) is 37.3 Å². The minimum Gasteiger partial charge on any atom is -0.0245 e. The van der Waals surface area contributed by atoms with Crippen LogP contribution in [0.4, 0.5) is 4.39 Å². The minimum atomic E-state index is -1.11. The van der Waals surface area contributed by atoms with Crippen molar-refractivity contribution in [3.63, 3.8) is 0 Å². The number of benzene rings is 1. The first-order valence-corrected chi connectivity index (χ1v) is 19.1. The summed E-state index contributed by atoms with van der Waals surface area (Å²) in [6.45, 7) is 16.2. The molecule has 47 heavy (non-hydrogen) atoms. The molecule has 0 fully saturated rings. The first-order chi connectivity index (χ1) is 22.4. The topological polar surface area (TPSA) is 85.7 Å². The molecule has 3 radical (unpaired) electrons. The Kier molecular flexibility index (Phi) is 10.8. The fourth-order valence-electron chi connectivity index (χ4n) is 7.20. The third-order valence-corrected chi connectivity index (χ3v) is 11.2. The van der Waals surface area contributed by atoms with E-state index in [1.807, 2.05) is 19.2 Å². The summed E-state index contributed by atoms with van der Waals surface area (Å²) in [6, 6.07) is 3.20. The molecule has 2 atom stereocenters. The predicted molar refractivity (Wildman–Crippen MR) is 185 cm³/mol. The Hall–Kier alpha value is -2.90. The van der Waals surface area contributed by atoms with Gasteiger partial charge in [0.25, 0.3) is 5.56 Å². The number of ether oxygens (including phenoxy) is 2. The van der Waals surface area contributed by atoms with E-state index in [1.165, 1.54) is 35.8 Å². The molecule has 1 amide bonds. The molecule has 10 heteroatoms. The van der Waals surface area contributed by atoms with E-state index in [0.717, 1.165) is 52.6 Å². The normalized spacial score (nSPS) is 15.7. The van der Waals surface area contributed by atoms with E-state index in [4.69, 9.17) is 14.5 Å². The average molecular weight is 837 g/mol. The zero-order chi connectivity index (χ0) is 34.2. The molecular weight excluding hydrogens is 791 g/mol. The van der Waals surface area contributed by atoms with Gasteiger partial charge in [-0.05, 0) is 42.5 Å². The molecule has 2 unspecified atom stereocenters. The van der Waals surface area contributed by atoms with Crippen LogP contribution < -0.4 is 10.9 Å². The van der Waals surface area contributed by atoms with Gasteiger partial charge in [0.05, 0.1) is 30.1 Å². The Morgan fingerprint density at radius 3 is 2.74 bits per heavy atom. The molecule has 3 aromatic rings. The fraction of sp³-hybridized carbons (Fsp3) is 0.486. The number of rotatable bonds is 14. The van der Waals surface area contributed by atoms with Crippen LogP contribution in [0.1, 0.15) is 91.8 Å². The van der Waals surface area contributed by atoms with Crippen molar-refractivity contribution in [2.75, 3.05) is 20.9 Å². The van der Waals surface area contributed by atoms with E-state index < -0.39 is 5.60 Å². The number of allylic oxidation sites excluding steroid dienone is 2. The number of aryl methyl sites for hydroxylation is 1. The second-order valence-electron chi connectivity index (χ2n) is 13.2. The van der Waals surface area contributed by atoms with Crippen LogP contribution >= 0.6 is 0 Å². The number of methoxy groups -OCH3 is 1. The van der Waals surface area contributed by atoms with Crippen LogP contribution in [0.2, 0.25) is 3.98 Å². The number of carbonyl (C=O) groups excluding carboxylic acids is 1. The SMILES string of the molecule is C=CC(CC)c1cc2n(c(=O)c1COC)Cc1c-2nc2cc(F)c(C)c3c2c1C(N(C)C(=O)C(C)(C)OCNC(=C)CC[CH2][Pb])CC3. The molecule has 5 rings (SSSR count). The molecule has 1 aliphatic carbocycles. The van der Waals surface area contributed by atoms with Crippen molar-refractivity contribution in [2.24, 2.45) is 0 Å².